The maximum Gasteiger partial charge on any atom is 0.291 e. The van der Waals surface area contributed by atoms with Crippen molar-refractivity contribution in [3.05, 3.63) is 60.1 Å². The van der Waals surface area contributed by atoms with E-state index in [4.69, 9.17) is 5.73 Å². The predicted molar refractivity (Wildman–Crippen MR) is 131 cm³/mol. The van der Waals surface area contributed by atoms with E-state index in [1.807, 2.05) is 44.9 Å². The molecule has 1 amide bonds. The van der Waals surface area contributed by atoms with Crippen LogP contribution in [0.15, 0.2) is 42.7 Å². The van der Waals surface area contributed by atoms with E-state index in [1.165, 1.54) is 6.07 Å². The van der Waals surface area contributed by atoms with Gasteiger partial charge in [0.15, 0.2) is 5.82 Å². The number of pyridine rings is 1. The topological polar surface area (TPSA) is 99.9 Å². The first-order valence-electron chi connectivity index (χ1n) is 11.2. The van der Waals surface area contributed by atoms with Gasteiger partial charge in [-0.3, -0.25) is 9.78 Å². The third-order valence-corrected chi connectivity index (χ3v) is 5.97. The van der Waals surface area contributed by atoms with Gasteiger partial charge in [0.05, 0.1) is 23.3 Å². The molecule has 0 saturated carbocycles. The van der Waals surface area contributed by atoms with Crippen molar-refractivity contribution in [1.29, 1.82) is 0 Å². The molecule has 0 aliphatic rings. The molecule has 3 aromatic rings. The number of hydrogen-bond acceptors (Lipinski definition) is 5. The number of aromatic amines is 1. The Balaban J connectivity index is 1.77. The molecule has 176 valence electrons. The van der Waals surface area contributed by atoms with Crippen molar-refractivity contribution in [1.82, 2.24) is 15.0 Å². The van der Waals surface area contributed by atoms with Gasteiger partial charge in [-0.15, -0.1) is 0 Å². The molecule has 7 nitrogen and oxygen atoms in total. The highest BCUT2D eigenvalue weighted by atomic mass is 19.1. The van der Waals surface area contributed by atoms with Crippen LogP contribution in [-0.2, 0) is 0 Å². The Morgan fingerprint density at radius 1 is 1.30 bits per heavy atom. The summed E-state index contributed by atoms with van der Waals surface area (Å²) < 4.78 is 14.8. The molecule has 3 rings (SSSR count). The molecule has 4 N–H and O–H groups in total. The molecular formula is C25H33FN6O. The fraction of sp³-hybridized carbons (Fsp3) is 0.400. The van der Waals surface area contributed by atoms with Crippen molar-refractivity contribution in [2.24, 2.45) is 11.7 Å². The van der Waals surface area contributed by atoms with Crippen LogP contribution >= 0.6 is 0 Å². The minimum Gasteiger partial charge on any atom is -0.371 e. The number of carbonyl (C=O) groups is 1. The van der Waals surface area contributed by atoms with E-state index in [1.54, 1.807) is 24.5 Å². The number of anilines is 2. The molecule has 2 aromatic heterocycles. The molecule has 0 radical (unpaired) electrons. The minimum absolute atomic E-state index is 0.147. The average molecular weight is 453 g/mol. The molecule has 0 spiro atoms. The molecule has 1 unspecified atom stereocenters. The third-order valence-electron chi connectivity index (χ3n) is 5.97. The van der Waals surface area contributed by atoms with E-state index in [2.05, 4.69) is 27.2 Å². The first-order chi connectivity index (χ1) is 15.6. The van der Waals surface area contributed by atoms with Gasteiger partial charge in [-0.1, -0.05) is 19.4 Å². The summed E-state index contributed by atoms with van der Waals surface area (Å²) in [5.74, 6) is -0.402. The zero-order valence-corrected chi connectivity index (χ0v) is 19.9. The molecule has 8 heteroatoms. The maximum absolute atomic E-state index is 14.8. The Labute approximate surface area is 194 Å². The van der Waals surface area contributed by atoms with Crippen LogP contribution in [0.25, 0.3) is 11.3 Å². The lowest BCUT2D eigenvalue weighted by Gasteiger charge is -2.32. The molecule has 0 aliphatic heterocycles. The van der Waals surface area contributed by atoms with Crippen LogP contribution in [0.3, 0.4) is 0 Å². The number of rotatable bonds is 9. The number of benzene rings is 1. The van der Waals surface area contributed by atoms with Gasteiger partial charge in [0.2, 0.25) is 0 Å². The summed E-state index contributed by atoms with van der Waals surface area (Å²) >= 11 is 0. The number of para-hydroxylation sites is 1. The van der Waals surface area contributed by atoms with Gasteiger partial charge in [0, 0.05) is 36.6 Å². The van der Waals surface area contributed by atoms with Gasteiger partial charge in [0.1, 0.15) is 5.82 Å². The highest BCUT2D eigenvalue weighted by Gasteiger charge is 2.24. The van der Waals surface area contributed by atoms with E-state index >= 15 is 0 Å². The van der Waals surface area contributed by atoms with E-state index in [9.17, 15) is 9.18 Å². The van der Waals surface area contributed by atoms with Gasteiger partial charge in [-0.25, -0.2) is 9.37 Å². The first-order valence-corrected chi connectivity index (χ1v) is 11.2. The van der Waals surface area contributed by atoms with Gasteiger partial charge in [0.25, 0.3) is 5.91 Å². The van der Waals surface area contributed by atoms with E-state index in [0.29, 0.717) is 29.5 Å². The standard InChI is InChI=1S/C25H33FN6O/c1-6-18(25(3,4)27)11-13-32(5)22-19(26)8-7-9-20(22)31-24(33)23-29-15-21(30-23)17-10-12-28-16(2)14-17/h7-10,12,14-15,18H,6,11,13,27H2,1-5H3,(H,29,30)(H,31,33). The molecule has 1 atom stereocenters. The number of halogens is 1. The van der Waals surface area contributed by atoms with Crippen LogP contribution in [0.4, 0.5) is 15.8 Å². The summed E-state index contributed by atoms with van der Waals surface area (Å²) in [6.07, 6.45) is 5.05. The second-order valence-corrected chi connectivity index (χ2v) is 9.06. The Morgan fingerprint density at radius 2 is 2.06 bits per heavy atom. The number of aromatic nitrogens is 3. The molecule has 0 aliphatic carbocycles. The number of nitrogens with two attached hydrogens (primary N) is 1. The lowest BCUT2D eigenvalue weighted by atomic mass is 9.84. The normalized spacial score (nSPS) is 12.5. The van der Waals surface area contributed by atoms with Crippen molar-refractivity contribution < 1.29 is 9.18 Å². The number of imidazole rings is 1. The molecule has 33 heavy (non-hydrogen) atoms. The van der Waals surface area contributed by atoms with Crippen LogP contribution in [0.5, 0.6) is 0 Å². The van der Waals surface area contributed by atoms with E-state index in [-0.39, 0.29) is 11.4 Å². The Morgan fingerprint density at radius 3 is 2.73 bits per heavy atom. The molecule has 0 bridgehead atoms. The Bertz CT molecular complexity index is 1100. The Hall–Kier alpha value is -3.26. The van der Waals surface area contributed by atoms with E-state index in [0.717, 1.165) is 24.1 Å². The van der Waals surface area contributed by atoms with Crippen LogP contribution in [-0.4, -0.2) is 40.0 Å². The average Bonchev–Trinajstić information content (AvgIpc) is 3.24. The van der Waals surface area contributed by atoms with E-state index < -0.39 is 11.7 Å². The number of amides is 1. The van der Waals surface area contributed by atoms with Gasteiger partial charge in [-0.05, 0) is 57.4 Å². The third kappa shape index (κ3) is 5.96. The summed E-state index contributed by atoms with van der Waals surface area (Å²) in [7, 11) is 1.82. The van der Waals surface area contributed by atoms with Gasteiger partial charge < -0.3 is 20.9 Å². The van der Waals surface area contributed by atoms with Crippen LogP contribution in [0.1, 0.15) is 49.9 Å². The number of aryl methyl sites for hydroxylation is 1. The smallest absolute Gasteiger partial charge is 0.291 e. The zero-order chi connectivity index (χ0) is 24.2. The lowest BCUT2D eigenvalue weighted by Crippen LogP contribution is -2.42. The fourth-order valence-corrected chi connectivity index (χ4v) is 4.05. The maximum atomic E-state index is 14.8. The molecular weight excluding hydrogens is 419 g/mol. The second-order valence-electron chi connectivity index (χ2n) is 9.06. The molecule has 0 fully saturated rings. The number of H-pyrrole nitrogens is 1. The summed E-state index contributed by atoms with van der Waals surface area (Å²) in [5, 5.41) is 2.81. The van der Waals surface area contributed by atoms with Crippen molar-refractivity contribution in [3.8, 4) is 11.3 Å². The molecule has 2 heterocycles. The monoisotopic (exact) mass is 452 g/mol. The lowest BCUT2D eigenvalue weighted by molar-refractivity contribution is 0.101. The van der Waals surface area contributed by atoms with Crippen molar-refractivity contribution in [3.63, 3.8) is 0 Å². The Kier molecular flexibility index (Phi) is 7.48. The van der Waals surface area contributed by atoms with Crippen LogP contribution in [0.2, 0.25) is 0 Å². The predicted octanol–water partition coefficient (Wildman–Crippen LogP) is 4.76. The SMILES string of the molecule is CCC(CCN(C)c1c(F)cccc1NC(=O)c1ncc(-c2ccnc(C)c2)[nH]1)C(C)(C)N. The summed E-state index contributed by atoms with van der Waals surface area (Å²) in [6.45, 7) is 8.64. The molecule has 1 aromatic carbocycles. The second kappa shape index (κ2) is 10.1. The van der Waals surface area contributed by atoms with Crippen molar-refractivity contribution >= 4 is 17.3 Å². The van der Waals surface area contributed by atoms with Gasteiger partial charge >= 0.3 is 0 Å². The summed E-state index contributed by atoms with van der Waals surface area (Å²) in [5.41, 5.74) is 9.16. The van der Waals surface area contributed by atoms with Crippen LogP contribution < -0.4 is 16.0 Å². The zero-order valence-electron chi connectivity index (χ0n) is 19.9. The highest BCUT2D eigenvalue weighted by molar-refractivity contribution is 6.04. The van der Waals surface area contributed by atoms with Crippen molar-refractivity contribution in [2.45, 2.75) is 46.1 Å². The first kappa shape index (κ1) is 24.4. The fourth-order valence-electron chi connectivity index (χ4n) is 4.05. The summed E-state index contributed by atoms with van der Waals surface area (Å²) in [4.78, 5) is 26.1. The number of nitrogens with one attached hydrogen (secondary N) is 2. The van der Waals surface area contributed by atoms with Crippen molar-refractivity contribution in [2.75, 3.05) is 23.8 Å². The number of nitrogens with zero attached hydrogens (tertiary/aromatic N) is 3. The highest BCUT2D eigenvalue weighted by Crippen LogP contribution is 2.30. The largest absolute Gasteiger partial charge is 0.371 e. The summed E-state index contributed by atoms with van der Waals surface area (Å²) in [6, 6.07) is 8.40. The number of carbonyl (C=O) groups excluding carboxylic acids is 1. The quantitative estimate of drug-likeness (QED) is 0.435. The van der Waals surface area contributed by atoms with Gasteiger partial charge in [-0.2, -0.15) is 0 Å². The minimum atomic E-state index is -0.443. The molecule has 0 saturated heterocycles. The van der Waals surface area contributed by atoms with Crippen LogP contribution in [0, 0.1) is 18.7 Å². The number of hydrogen-bond donors (Lipinski definition) is 3.